The van der Waals surface area contributed by atoms with Crippen molar-refractivity contribution >= 4 is 5.91 Å². The fourth-order valence-electron chi connectivity index (χ4n) is 3.04. The minimum atomic E-state index is -2.95. The number of rotatable bonds is 9. The summed E-state index contributed by atoms with van der Waals surface area (Å²) >= 11 is 0. The van der Waals surface area contributed by atoms with Gasteiger partial charge in [0.1, 0.15) is 5.69 Å². The molecule has 156 valence electrons. The zero-order valence-electron chi connectivity index (χ0n) is 16.3. The predicted octanol–water partition coefficient (Wildman–Crippen LogP) is 3.07. The summed E-state index contributed by atoms with van der Waals surface area (Å²) < 4.78 is 35.9. The number of ether oxygens (including phenoxy) is 2. The summed E-state index contributed by atoms with van der Waals surface area (Å²) in [6.45, 7) is -0.326. The number of benzene rings is 1. The van der Waals surface area contributed by atoms with Crippen LogP contribution in [0.4, 0.5) is 8.78 Å². The molecule has 1 aromatic carbocycles. The quantitative estimate of drug-likeness (QED) is 0.639. The molecule has 0 bridgehead atoms. The van der Waals surface area contributed by atoms with Crippen LogP contribution in [0.15, 0.2) is 35.1 Å². The fraction of sp³-hybridized carbons (Fsp3) is 0.450. The molecule has 0 aliphatic heterocycles. The van der Waals surface area contributed by atoms with E-state index in [0.29, 0.717) is 12.1 Å². The van der Waals surface area contributed by atoms with Crippen LogP contribution in [0.2, 0.25) is 0 Å². The van der Waals surface area contributed by atoms with Gasteiger partial charge in [-0.05, 0) is 43.0 Å². The number of hydrogen-bond acceptors (Lipinski definition) is 5. The highest BCUT2D eigenvalue weighted by atomic mass is 19.3. The van der Waals surface area contributed by atoms with E-state index in [0.717, 1.165) is 19.3 Å². The second-order valence-electron chi connectivity index (χ2n) is 6.81. The molecule has 9 heteroatoms. The maximum atomic E-state index is 13.1. The van der Waals surface area contributed by atoms with Crippen molar-refractivity contribution in [2.75, 3.05) is 7.11 Å². The Morgan fingerprint density at radius 3 is 2.66 bits per heavy atom. The Morgan fingerprint density at radius 2 is 2.03 bits per heavy atom. The molecule has 3 rings (SSSR count). The van der Waals surface area contributed by atoms with Crippen LogP contribution in [-0.4, -0.2) is 40.4 Å². The molecule has 1 saturated carbocycles. The molecule has 0 unspecified atom stereocenters. The molecular weight excluding hydrogens is 384 g/mol. The van der Waals surface area contributed by atoms with E-state index in [4.69, 9.17) is 4.74 Å². The number of nitrogens with zero attached hydrogens (tertiary/aromatic N) is 3. The Kier molecular flexibility index (Phi) is 6.46. The highest BCUT2D eigenvalue weighted by Crippen LogP contribution is 2.33. The Morgan fingerprint density at radius 1 is 1.28 bits per heavy atom. The molecular formula is C20H23F2N3O4. The minimum absolute atomic E-state index is 0.0659. The zero-order valence-corrected chi connectivity index (χ0v) is 16.3. The largest absolute Gasteiger partial charge is 0.493 e. The van der Waals surface area contributed by atoms with E-state index in [-0.39, 0.29) is 41.2 Å². The number of aromatic nitrogens is 2. The molecule has 0 saturated heterocycles. The van der Waals surface area contributed by atoms with Gasteiger partial charge in [0.25, 0.3) is 11.5 Å². The van der Waals surface area contributed by atoms with E-state index in [1.54, 1.807) is 17.0 Å². The van der Waals surface area contributed by atoms with Gasteiger partial charge in [0, 0.05) is 25.2 Å². The van der Waals surface area contributed by atoms with Crippen molar-refractivity contribution in [3.8, 4) is 11.5 Å². The van der Waals surface area contributed by atoms with E-state index in [9.17, 15) is 18.4 Å². The van der Waals surface area contributed by atoms with Crippen molar-refractivity contribution in [1.29, 1.82) is 0 Å². The number of aryl methyl sites for hydroxylation is 1. The average Bonchev–Trinajstić information content (AvgIpc) is 3.53. The molecule has 2 aromatic rings. The summed E-state index contributed by atoms with van der Waals surface area (Å²) in [5, 5.41) is 4.20. The lowest BCUT2D eigenvalue weighted by molar-refractivity contribution is -0.0512. The van der Waals surface area contributed by atoms with Crippen LogP contribution >= 0.6 is 0 Å². The fourth-order valence-corrected chi connectivity index (χ4v) is 3.04. The number of alkyl halides is 2. The van der Waals surface area contributed by atoms with Crippen molar-refractivity contribution in [3.05, 3.63) is 51.9 Å². The van der Waals surface area contributed by atoms with Gasteiger partial charge in [-0.1, -0.05) is 13.0 Å². The average molecular weight is 407 g/mol. The summed E-state index contributed by atoms with van der Waals surface area (Å²) in [5.41, 5.74) is 0.667. The summed E-state index contributed by atoms with van der Waals surface area (Å²) in [4.78, 5) is 26.6. The number of hydrogen-bond donors (Lipinski definition) is 0. The van der Waals surface area contributed by atoms with E-state index in [1.165, 1.54) is 30.0 Å². The van der Waals surface area contributed by atoms with Crippen molar-refractivity contribution in [2.45, 2.75) is 51.9 Å². The molecule has 7 nitrogen and oxygen atoms in total. The molecule has 1 amide bonds. The normalized spacial score (nSPS) is 13.4. The maximum absolute atomic E-state index is 13.1. The van der Waals surface area contributed by atoms with E-state index in [1.807, 2.05) is 6.92 Å². The van der Waals surface area contributed by atoms with Gasteiger partial charge in [0.15, 0.2) is 11.5 Å². The second-order valence-corrected chi connectivity index (χ2v) is 6.81. The van der Waals surface area contributed by atoms with Crippen molar-refractivity contribution < 1.29 is 23.0 Å². The van der Waals surface area contributed by atoms with E-state index in [2.05, 4.69) is 9.84 Å². The molecule has 1 aliphatic carbocycles. The van der Waals surface area contributed by atoms with Crippen LogP contribution in [0.1, 0.15) is 42.2 Å². The first-order valence-electron chi connectivity index (χ1n) is 9.43. The molecule has 1 aliphatic rings. The molecule has 1 heterocycles. The van der Waals surface area contributed by atoms with Gasteiger partial charge < -0.3 is 14.4 Å². The Hall–Kier alpha value is -2.97. The lowest BCUT2D eigenvalue weighted by atomic mass is 10.1. The maximum Gasteiger partial charge on any atom is 0.387 e. The first-order chi connectivity index (χ1) is 13.9. The summed E-state index contributed by atoms with van der Waals surface area (Å²) in [6.07, 6.45) is 2.48. The van der Waals surface area contributed by atoms with Crippen LogP contribution in [0, 0.1) is 0 Å². The summed E-state index contributed by atoms with van der Waals surface area (Å²) in [5.74, 6) is -0.172. The Bertz CT molecular complexity index is 928. The first kappa shape index (κ1) is 20.8. The van der Waals surface area contributed by atoms with E-state index < -0.39 is 6.61 Å². The molecule has 1 fully saturated rings. The lowest BCUT2D eigenvalue weighted by Gasteiger charge is -2.23. The SMILES string of the molecule is CCCn1nc(C(=O)N(Cc2ccc(OC(F)F)c(OC)c2)C2CC2)ccc1=O. The minimum Gasteiger partial charge on any atom is -0.493 e. The summed E-state index contributed by atoms with van der Waals surface area (Å²) in [7, 11) is 1.36. The number of carbonyl (C=O) groups excluding carboxylic acids is 1. The van der Waals surface area contributed by atoms with Crippen LogP contribution in [-0.2, 0) is 13.1 Å². The number of carbonyl (C=O) groups is 1. The van der Waals surface area contributed by atoms with Gasteiger partial charge >= 0.3 is 6.61 Å². The van der Waals surface area contributed by atoms with Crippen LogP contribution in [0.25, 0.3) is 0 Å². The van der Waals surface area contributed by atoms with Gasteiger partial charge in [-0.3, -0.25) is 9.59 Å². The summed E-state index contributed by atoms with van der Waals surface area (Å²) in [6, 6.07) is 7.46. The Balaban J connectivity index is 1.83. The van der Waals surface area contributed by atoms with Crippen molar-refractivity contribution in [1.82, 2.24) is 14.7 Å². The lowest BCUT2D eigenvalue weighted by Crippen LogP contribution is -2.35. The standard InChI is InChI=1S/C20H23F2N3O4/c1-3-10-25-18(26)9-7-15(23-25)19(27)24(14-5-6-14)12-13-4-8-16(29-20(21)22)17(11-13)28-2/h4,7-9,11,14,20H,3,5-6,10,12H2,1-2H3. The van der Waals surface area contributed by atoms with Gasteiger partial charge in [-0.15, -0.1) is 0 Å². The number of halogens is 2. The Labute approximate surface area is 166 Å². The molecule has 1 aromatic heterocycles. The molecule has 0 atom stereocenters. The molecule has 29 heavy (non-hydrogen) atoms. The number of amides is 1. The third-order valence-electron chi connectivity index (χ3n) is 4.57. The van der Waals surface area contributed by atoms with Crippen molar-refractivity contribution in [3.63, 3.8) is 0 Å². The van der Waals surface area contributed by atoms with Crippen molar-refractivity contribution in [2.24, 2.45) is 0 Å². The highest BCUT2D eigenvalue weighted by molar-refractivity contribution is 5.92. The predicted molar refractivity (Wildman–Crippen MR) is 101 cm³/mol. The second kappa shape index (κ2) is 9.02. The monoisotopic (exact) mass is 407 g/mol. The van der Waals surface area contributed by atoms with Crippen LogP contribution < -0.4 is 15.0 Å². The first-order valence-corrected chi connectivity index (χ1v) is 9.43. The van der Waals surface area contributed by atoms with Crippen LogP contribution in [0.5, 0.6) is 11.5 Å². The molecule has 0 spiro atoms. The highest BCUT2D eigenvalue weighted by Gasteiger charge is 2.34. The third-order valence-corrected chi connectivity index (χ3v) is 4.57. The smallest absolute Gasteiger partial charge is 0.387 e. The van der Waals surface area contributed by atoms with Gasteiger partial charge in [-0.25, -0.2) is 4.68 Å². The number of methoxy groups -OCH3 is 1. The van der Waals surface area contributed by atoms with Gasteiger partial charge in [0.2, 0.25) is 0 Å². The molecule has 0 N–H and O–H groups in total. The third kappa shape index (κ3) is 5.10. The van der Waals surface area contributed by atoms with E-state index >= 15 is 0 Å². The van der Waals surface area contributed by atoms with Gasteiger partial charge in [-0.2, -0.15) is 13.9 Å². The zero-order chi connectivity index (χ0) is 21.0. The van der Waals surface area contributed by atoms with Gasteiger partial charge in [0.05, 0.1) is 7.11 Å². The molecule has 0 radical (unpaired) electrons. The topological polar surface area (TPSA) is 73.7 Å². The van der Waals surface area contributed by atoms with Crippen LogP contribution in [0.3, 0.4) is 0 Å².